The van der Waals surface area contributed by atoms with Crippen LogP contribution in [0.3, 0.4) is 0 Å². The van der Waals surface area contributed by atoms with Crippen molar-refractivity contribution in [3.63, 3.8) is 0 Å². The average Bonchev–Trinajstić information content (AvgIpc) is 3.01. The highest BCUT2D eigenvalue weighted by atomic mass is 16.5. The maximum atomic E-state index is 6.20. The van der Waals surface area contributed by atoms with E-state index in [2.05, 4.69) is 38.1 Å². The summed E-state index contributed by atoms with van der Waals surface area (Å²) in [6.45, 7) is 8.36. The topological polar surface area (TPSA) is 31.6 Å². The Balaban J connectivity index is 2.11. The maximum Gasteiger partial charge on any atom is 0.205 e. The molecule has 0 bridgehead atoms. The molecule has 0 radical (unpaired) electrons. The molecule has 0 N–H and O–H groups in total. The normalized spacial score (nSPS) is 11.3. The fourth-order valence-corrected chi connectivity index (χ4v) is 3.07. The average molecular weight is 338 g/mol. The van der Waals surface area contributed by atoms with E-state index >= 15 is 0 Å². The van der Waals surface area contributed by atoms with Gasteiger partial charge in [0.05, 0.1) is 13.2 Å². The molecule has 0 spiro atoms. The molecular weight excluding hydrogens is 312 g/mol. The number of furan rings is 1. The zero-order valence-corrected chi connectivity index (χ0v) is 15.7. The van der Waals surface area contributed by atoms with Crippen molar-refractivity contribution in [2.75, 3.05) is 7.11 Å². The maximum absolute atomic E-state index is 6.20. The van der Waals surface area contributed by atoms with Gasteiger partial charge in [0.1, 0.15) is 5.76 Å². The van der Waals surface area contributed by atoms with Crippen LogP contribution in [-0.2, 0) is 6.42 Å². The van der Waals surface area contributed by atoms with Gasteiger partial charge >= 0.3 is 0 Å². The Morgan fingerprint density at radius 3 is 2.56 bits per heavy atom. The van der Waals surface area contributed by atoms with Crippen LogP contribution in [0.25, 0.3) is 22.3 Å². The number of hydrogen-bond acceptors (Lipinski definition) is 3. The van der Waals surface area contributed by atoms with Crippen LogP contribution >= 0.6 is 0 Å². The first kappa shape index (κ1) is 17.4. The van der Waals surface area contributed by atoms with Crippen LogP contribution in [0.1, 0.15) is 38.3 Å². The molecule has 132 valence electrons. The molecule has 0 atom stereocenters. The summed E-state index contributed by atoms with van der Waals surface area (Å²) >= 11 is 0. The van der Waals surface area contributed by atoms with E-state index in [1.54, 1.807) is 7.11 Å². The second-order valence-electron chi connectivity index (χ2n) is 6.68. The molecule has 0 fully saturated rings. The highest BCUT2D eigenvalue weighted by Gasteiger charge is 2.17. The van der Waals surface area contributed by atoms with Crippen LogP contribution in [0.4, 0.5) is 0 Å². The van der Waals surface area contributed by atoms with E-state index in [1.165, 1.54) is 11.1 Å². The summed E-state index contributed by atoms with van der Waals surface area (Å²) in [5.74, 6) is 2.22. The lowest BCUT2D eigenvalue weighted by Crippen LogP contribution is -2.06. The number of aryl methyl sites for hydroxylation is 2. The van der Waals surface area contributed by atoms with Gasteiger partial charge < -0.3 is 13.9 Å². The van der Waals surface area contributed by atoms with Crippen molar-refractivity contribution < 1.29 is 13.9 Å². The van der Waals surface area contributed by atoms with Gasteiger partial charge in [-0.3, -0.25) is 0 Å². The summed E-state index contributed by atoms with van der Waals surface area (Å²) in [5, 5.41) is 1.02. The van der Waals surface area contributed by atoms with Gasteiger partial charge in [0.15, 0.2) is 11.3 Å². The van der Waals surface area contributed by atoms with Crippen molar-refractivity contribution in [3.05, 3.63) is 47.5 Å². The Morgan fingerprint density at radius 2 is 1.88 bits per heavy atom. The molecule has 0 unspecified atom stereocenters. The lowest BCUT2D eigenvalue weighted by Gasteiger charge is -2.13. The molecule has 25 heavy (non-hydrogen) atoms. The van der Waals surface area contributed by atoms with E-state index in [0.717, 1.165) is 35.1 Å². The zero-order valence-electron chi connectivity index (χ0n) is 15.7. The molecule has 0 saturated heterocycles. The Hall–Kier alpha value is -2.42. The molecule has 0 aliphatic rings. The number of hydrogen-bond donors (Lipinski definition) is 0. The first-order valence-corrected chi connectivity index (χ1v) is 8.90. The van der Waals surface area contributed by atoms with Gasteiger partial charge in [-0.15, -0.1) is 0 Å². The molecule has 3 heteroatoms. The minimum atomic E-state index is 0.0450. The van der Waals surface area contributed by atoms with E-state index in [4.69, 9.17) is 13.9 Å². The third-order valence-corrected chi connectivity index (χ3v) is 4.33. The zero-order chi connectivity index (χ0) is 18.0. The van der Waals surface area contributed by atoms with Crippen molar-refractivity contribution in [1.29, 1.82) is 0 Å². The lowest BCUT2D eigenvalue weighted by molar-refractivity contribution is 0.230. The molecule has 3 nitrogen and oxygen atoms in total. The predicted octanol–water partition coefficient (Wildman–Crippen LogP) is 6.16. The van der Waals surface area contributed by atoms with E-state index in [-0.39, 0.29) is 6.10 Å². The molecule has 0 aliphatic heterocycles. The highest BCUT2D eigenvalue weighted by molar-refractivity contribution is 5.89. The number of rotatable bonds is 6. The van der Waals surface area contributed by atoms with E-state index in [1.807, 2.05) is 26.0 Å². The van der Waals surface area contributed by atoms with Crippen molar-refractivity contribution in [3.8, 4) is 22.8 Å². The van der Waals surface area contributed by atoms with Crippen LogP contribution < -0.4 is 9.47 Å². The van der Waals surface area contributed by atoms with Gasteiger partial charge in [0.2, 0.25) is 5.75 Å². The van der Waals surface area contributed by atoms with Crippen LogP contribution in [0.15, 0.2) is 40.8 Å². The number of ether oxygens (including phenoxy) is 2. The van der Waals surface area contributed by atoms with Crippen molar-refractivity contribution in [1.82, 2.24) is 0 Å². The number of methoxy groups -OCH3 is 1. The first-order valence-electron chi connectivity index (χ1n) is 8.90. The fourth-order valence-electron chi connectivity index (χ4n) is 3.07. The second-order valence-corrected chi connectivity index (χ2v) is 6.68. The summed E-state index contributed by atoms with van der Waals surface area (Å²) in [6.07, 6.45) is 2.26. The van der Waals surface area contributed by atoms with Crippen LogP contribution in [-0.4, -0.2) is 13.2 Å². The monoisotopic (exact) mass is 338 g/mol. The summed E-state index contributed by atoms with van der Waals surface area (Å²) in [6, 6.07) is 12.5. The minimum Gasteiger partial charge on any atom is -0.493 e. The molecular formula is C22H26O3. The SMILES string of the molecule is CCCc1cc(-c2cc3ccc(OC)c(OC(C)C)c3o2)ccc1C. The largest absolute Gasteiger partial charge is 0.493 e. The predicted molar refractivity (Wildman–Crippen MR) is 103 cm³/mol. The fraction of sp³-hybridized carbons (Fsp3) is 0.364. The van der Waals surface area contributed by atoms with E-state index in [0.29, 0.717) is 11.5 Å². The molecule has 0 amide bonds. The van der Waals surface area contributed by atoms with Gasteiger partial charge in [-0.1, -0.05) is 25.5 Å². The Morgan fingerprint density at radius 1 is 1.08 bits per heavy atom. The molecule has 1 aromatic heterocycles. The minimum absolute atomic E-state index is 0.0450. The van der Waals surface area contributed by atoms with Crippen LogP contribution in [0.5, 0.6) is 11.5 Å². The summed E-state index contributed by atoms with van der Waals surface area (Å²) in [5.41, 5.74) is 4.53. The lowest BCUT2D eigenvalue weighted by atomic mass is 10.00. The molecule has 0 saturated carbocycles. The molecule has 3 rings (SSSR count). The third-order valence-electron chi connectivity index (χ3n) is 4.33. The second kappa shape index (κ2) is 7.22. The molecule has 0 aliphatic carbocycles. The Kier molecular flexibility index (Phi) is 5.03. The summed E-state index contributed by atoms with van der Waals surface area (Å²) in [4.78, 5) is 0. The van der Waals surface area contributed by atoms with Crippen LogP contribution in [0.2, 0.25) is 0 Å². The Bertz CT molecular complexity index is 874. The summed E-state index contributed by atoms with van der Waals surface area (Å²) < 4.78 is 17.6. The van der Waals surface area contributed by atoms with Gasteiger partial charge in [-0.25, -0.2) is 0 Å². The Labute approximate surface area is 149 Å². The number of fused-ring (bicyclic) bond motifs is 1. The van der Waals surface area contributed by atoms with Gasteiger partial charge in [-0.05, 0) is 62.6 Å². The summed E-state index contributed by atoms with van der Waals surface area (Å²) in [7, 11) is 1.65. The van der Waals surface area contributed by atoms with Gasteiger partial charge in [-0.2, -0.15) is 0 Å². The van der Waals surface area contributed by atoms with Gasteiger partial charge in [0, 0.05) is 10.9 Å². The third kappa shape index (κ3) is 3.51. The highest BCUT2D eigenvalue weighted by Crippen LogP contribution is 2.40. The smallest absolute Gasteiger partial charge is 0.205 e. The quantitative estimate of drug-likeness (QED) is 0.539. The molecule has 1 heterocycles. The molecule has 3 aromatic rings. The van der Waals surface area contributed by atoms with E-state index in [9.17, 15) is 0 Å². The van der Waals surface area contributed by atoms with Crippen molar-refractivity contribution >= 4 is 11.0 Å². The standard InChI is InChI=1S/C22H26O3/c1-6-7-16-12-17(9-8-15(16)4)20-13-18-10-11-19(23-5)22(21(18)25-20)24-14(2)3/h8-14H,6-7H2,1-5H3. The van der Waals surface area contributed by atoms with Crippen molar-refractivity contribution in [2.24, 2.45) is 0 Å². The molecule has 2 aromatic carbocycles. The number of benzene rings is 2. The van der Waals surface area contributed by atoms with Crippen LogP contribution in [0, 0.1) is 6.92 Å². The first-order chi connectivity index (χ1) is 12.0. The van der Waals surface area contributed by atoms with Gasteiger partial charge in [0.25, 0.3) is 0 Å². The van der Waals surface area contributed by atoms with Crippen molar-refractivity contribution in [2.45, 2.75) is 46.6 Å². The van der Waals surface area contributed by atoms with E-state index < -0.39 is 0 Å².